The molecular formula is C22H27FO4. The fraction of sp³-hybridized carbons (Fsp3) is 0.636. The lowest BCUT2D eigenvalue weighted by molar-refractivity contribution is -0.172. The molecule has 0 spiro atoms. The Balaban J connectivity index is 1.83. The maximum atomic E-state index is 15.2. The summed E-state index contributed by atoms with van der Waals surface area (Å²) in [6.45, 7) is 9.05. The summed E-state index contributed by atoms with van der Waals surface area (Å²) in [5.74, 6) is -1.21. The Labute approximate surface area is 158 Å². The second-order valence-electron chi connectivity index (χ2n) is 9.38. The van der Waals surface area contributed by atoms with Gasteiger partial charge < -0.3 is 10.2 Å². The molecule has 0 aromatic carbocycles. The highest BCUT2D eigenvalue weighted by atomic mass is 19.1. The van der Waals surface area contributed by atoms with Gasteiger partial charge in [-0.1, -0.05) is 26.5 Å². The highest BCUT2D eigenvalue weighted by Crippen LogP contribution is 2.68. The van der Waals surface area contributed by atoms with Crippen LogP contribution in [0.5, 0.6) is 0 Å². The molecule has 0 heterocycles. The quantitative estimate of drug-likeness (QED) is 0.692. The number of aliphatic hydroxyl groups is 2. The van der Waals surface area contributed by atoms with E-state index in [2.05, 4.69) is 6.58 Å². The molecule has 146 valence electrons. The third-order valence-electron chi connectivity index (χ3n) is 8.18. The van der Waals surface area contributed by atoms with Crippen LogP contribution >= 0.6 is 0 Å². The predicted molar refractivity (Wildman–Crippen MR) is 98.4 cm³/mol. The number of fused-ring (bicyclic) bond motifs is 5. The lowest BCUT2D eigenvalue weighted by Crippen LogP contribution is -2.62. The number of hydrogen-bond donors (Lipinski definition) is 2. The maximum absolute atomic E-state index is 15.2. The number of halogens is 1. The van der Waals surface area contributed by atoms with Crippen molar-refractivity contribution in [3.63, 3.8) is 0 Å². The second kappa shape index (κ2) is 5.48. The third kappa shape index (κ3) is 2.10. The van der Waals surface area contributed by atoms with Crippen LogP contribution in [0.4, 0.5) is 4.39 Å². The third-order valence-corrected chi connectivity index (χ3v) is 8.18. The number of alkyl halides is 1. The van der Waals surface area contributed by atoms with Gasteiger partial charge in [0.25, 0.3) is 0 Å². The molecule has 0 aromatic heterocycles. The highest BCUT2D eigenvalue weighted by molar-refractivity contribution is 6.01. The molecule has 3 saturated carbocycles. The first-order chi connectivity index (χ1) is 12.5. The summed E-state index contributed by atoms with van der Waals surface area (Å²) in [6, 6.07) is 0. The second-order valence-corrected chi connectivity index (χ2v) is 9.38. The van der Waals surface area contributed by atoms with Gasteiger partial charge in [0, 0.05) is 16.7 Å². The van der Waals surface area contributed by atoms with E-state index in [0.29, 0.717) is 17.6 Å². The van der Waals surface area contributed by atoms with E-state index in [0.717, 1.165) is 0 Å². The van der Waals surface area contributed by atoms with Crippen molar-refractivity contribution < 1.29 is 24.2 Å². The number of hydrogen-bond acceptors (Lipinski definition) is 4. The maximum Gasteiger partial charge on any atom is 0.178 e. The minimum atomic E-state index is -1.69. The minimum absolute atomic E-state index is 0.144. The van der Waals surface area contributed by atoms with Crippen LogP contribution in [0.2, 0.25) is 0 Å². The van der Waals surface area contributed by atoms with Crippen molar-refractivity contribution in [1.82, 2.24) is 0 Å². The molecular weight excluding hydrogens is 347 g/mol. The van der Waals surface area contributed by atoms with Gasteiger partial charge >= 0.3 is 0 Å². The first kappa shape index (κ1) is 18.8. The summed E-state index contributed by atoms with van der Waals surface area (Å²) >= 11 is 0. The Morgan fingerprint density at radius 1 is 1.37 bits per heavy atom. The largest absolute Gasteiger partial charge is 0.393 e. The fourth-order valence-electron chi connectivity index (χ4n) is 6.94. The van der Waals surface area contributed by atoms with Gasteiger partial charge in [-0.05, 0) is 61.3 Å². The van der Waals surface area contributed by atoms with Gasteiger partial charge in [-0.15, -0.1) is 0 Å². The van der Waals surface area contributed by atoms with E-state index >= 15 is 4.39 Å². The Kier molecular flexibility index (Phi) is 3.81. The number of allylic oxidation sites excluding steroid dienone is 4. The van der Waals surface area contributed by atoms with Gasteiger partial charge in [-0.25, -0.2) is 4.39 Å². The number of ketones is 2. The molecule has 27 heavy (non-hydrogen) atoms. The van der Waals surface area contributed by atoms with Gasteiger partial charge in [0.1, 0.15) is 11.8 Å². The monoisotopic (exact) mass is 374 g/mol. The van der Waals surface area contributed by atoms with Gasteiger partial charge in [0.15, 0.2) is 11.6 Å². The molecule has 0 aromatic rings. The van der Waals surface area contributed by atoms with Gasteiger partial charge in [-0.2, -0.15) is 0 Å². The van der Waals surface area contributed by atoms with Crippen LogP contribution in [-0.2, 0) is 9.59 Å². The molecule has 0 aliphatic heterocycles. The fourth-order valence-corrected chi connectivity index (χ4v) is 6.94. The summed E-state index contributed by atoms with van der Waals surface area (Å²) < 4.78 is 15.2. The van der Waals surface area contributed by atoms with Gasteiger partial charge in [-0.3, -0.25) is 9.59 Å². The Bertz CT molecular complexity index is 813. The summed E-state index contributed by atoms with van der Waals surface area (Å²) in [4.78, 5) is 24.2. The average molecular weight is 374 g/mol. The minimum Gasteiger partial charge on any atom is -0.393 e. The van der Waals surface area contributed by atoms with Crippen molar-refractivity contribution in [1.29, 1.82) is 0 Å². The number of rotatable bonds is 1. The van der Waals surface area contributed by atoms with E-state index in [1.165, 1.54) is 19.1 Å². The molecule has 0 radical (unpaired) electrons. The van der Waals surface area contributed by atoms with E-state index in [1.807, 2.05) is 13.8 Å². The molecule has 4 aliphatic rings. The van der Waals surface area contributed by atoms with Crippen LogP contribution in [0, 0.1) is 28.6 Å². The summed E-state index contributed by atoms with van der Waals surface area (Å²) in [6.07, 6.45) is 3.36. The first-order valence-corrected chi connectivity index (χ1v) is 9.66. The highest BCUT2D eigenvalue weighted by Gasteiger charge is 2.69. The summed E-state index contributed by atoms with van der Waals surface area (Å²) in [5, 5.41) is 22.4. The molecule has 3 fully saturated rings. The zero-order valence-electron chi connectivity index (χ0n) is 16.0. The zero-order valence-corrected chi connectivity index (χ0v) is 16.0. The molecule has 2 N–H and O–H groups in total. The molecule has 5 heteroatoms. The summed E-state index contributed by atoms with van der Waals surface area (Å²) in [5.41, 5.74) is -2.40. The Morgan fingerprint density at radius 3 is 2.67 bits per heavy atom. The first-order valence-electron chi connectivity index (χ1n) is 9.66. The van der Waals surface area contributed by atoms with Crippen molar-refractivity contribution in [2.24, 2.45) is 28.6 Å². The van der Waals surface area contributed by atoms with E-state index < -0.39 is 28.7 Å². The standard InChI is InChI=1S/C22H27FO4/c1-11-7-15-14-9-17(23)16-8-13(25)5-6-20(16,3)19(14)18(26)10-21(15,4)22(11,27)12(2)24/h5-6,8,14-15,17-19,26-27H,1,7,9-10H2,2-4H3/t14-,15-,17-,18-,19+,20-,21-,22-/m0/s1. The van der Waals surface area contributed by atoms with E-state index in [-0.39, 0.29) is 42.2 Å². The Morgan fingerprint density at radius 2 is 2.04 bits per heavy atom. The normalized spacial score (nSPS) is 51.3. The molecule has 0 amide bonds. The SMILES string of the molecule is C=C1C[C@H]2[C@@H]3C[C@H](F)C4=CC(=O)C=C[C@]4(C)[C@H]3[C@@H](O)C[C@]2(C)[C@@]1(O)C(C)=O. The number of Topliss-reactive ketones (excluding diaryl/α,β-unsaturated/α-hetero) is 1. The summed E-state index contributed by atoms with van der Waals surface area (Å²) in [7, 11) is 0. The Hall–Kier alpha value is -1.59. The number of carbonyl (C=O) groups excluding carboxylic acids is 2. The van der Waals surface area contributed by atoms with Crippen molar-refractivity contribution in [3.05, 3.63) is 36.0 Å². The van der Waals surface area contributed by atoms with Crippen LogP contribution < -0.4 is 0 Å². The van der Waals surface area contributed by atoms with Crippen molar-refractivity contribution >= 4 is 11.6 Å². The van der Waals surface area contributed by atoms with Crippen LogP contribution in [-0.4, -0.2) is 39.7 Å². The van der Waals surface area contributed by atoms with Gasteiger partial charge in [0.2, 0.25) is 0 Å². The number of aliphatic hydroxyl groups excluding tert-OH is 1. The molecule has 0 saturated heterocycles. The van der Waals surface area contributed by atoms with Crippen molar-refractivity contribution in [2.75, 3.05) is 0 Å². The van der Waals surface area contributed by atoms with E-state index in [1.54, 1.807) is 6.08 Å². The van der Waals surface area contributed by atoms with Crippen LogP contribution in [0.1, 0.15) is 40.0 Å². The number of carbonyl (C=O) groups is 2. The molecule has 4 rings (SSSR count). The zero-order chi connectivity index (χ0) is 19.9. The van der Waals surface area contributed by atoms with Crippen molar-refractivity contribution in [3.8, 4) is 0 Å². The van der Waals surface area contributed by atoms with Crippen molar-refractivity contribution in [2.45, 2.75) is 57.9 Å². The van der Waals surface area contributed by atoms with Crippen LogP contribution in [0.15, 0.2) is 36.0 Å². The molecule has 4 aliphatic carbocycles. The van der Waals surface area contributed by atoms with Gasteiger partial charge in [0.05, 0.1) is 6.10 Å². The van der Waals surface area contributed by atoms with E-state index in [4.69, 9.17) is 0 Å². The topological polar surface area (TPSA) is 74.6 Å². The lowest BCUT2D eigenvalue weighted by atomic mass is 9.46. The lowest BCUT2D eigenvalue weighted by Gasteiger charge is -2.59. The van der Waals surface area contributed by atoms with E-state index in [9.17, 15) is 19.8 Å². The molecule has 4 nitrogen and oxygen atoms in total. The van der Waals surface area contributed by atoms with Crippen LogP contribution in [0.3, 0.4) is 0 Å². The molecule has 0 bridgehead atoms. The predicted octanol–water partition coefficient (Wildman–Crippen LogP) is 2.70. The molecule has 8 atom stereocenters. The smallest absolute Gasteiger partial charge is 0.178 e. The average Bonchev–Trinajstić information content (AvgIpc) is 2.78. The molecule has 0 unspecified atom stereocenters. The van der Waals surface area contributed by atoms with Crippen LogP contribution in [0.25, 0.3) is 0 Å².